The Morgan fingerprint density at radius 1 is 1.27 bits per heavy atom. The number of aromatic nitrogens is 1. The lowest BCUT2D eigenvalue weighted by Crippen LogP contribution is -2.51. The summed E-state index contributed by atoms with van der Waals surface area (Å²) in [6, 6.07) is 4.20. The average molecular weight is 381 g/mol. The Morgan fingerprint density at radius 3 is 2.69 bits per heavy atom. The number of nitrogens with one attached hydrogen (secondary N) is 1. The molecule has 26 heavy (non-hydrogen) atoms. The zero-order valence-electron chi connectivity index (χ0n) is 15.3. The van der Waals surface area contributed by atoms with Crippen molar-refractivity contribution in [2.45, 2.75) is 38.3 Å². The van der Waals surface area contributed by atoms with Crippen LogP contribution in [0.3, 0.4) is 0 Å². The van der Waals surface area contributed by atoms with Crippen LogP contribution < -0.4 is 5.32 Å². The van der Waals surface area contributed by atoms with Crippen molar-refractivity contribution in [3.63, 3.8) is 0 Å². The normalized spacial score (nSPS) is 23.7. The number of pyridine rings is 1. The summed E-state index contributed by atoms with van der Waals surface area (Å²) in [5.74, 6) is 0.112. The van der Waals surface area contributed by atoms with Crippen molar-refractivity contribution < 1.29 is 13.2 Å². The first-order valence-electron chi connectivity index (χ1n) is 9.29. The molecule has 0 aliphatic carbocycles. The molecule has 0 radical (unpaired) electrons. The maximum atomic E-state index is 12.5. The SMILES string of the molecule is CS(=O)(=O)N1CCC(N2CCCC(C(=O)NCc3cccnc3)C2)CC1. The number of hydrogen-bond acceptors (Lipinski definition) is 5. The van der Waals surface area contributed by atoms with E-state index in [-0.39, 0.29) is 11.8 Å². The Labute approximate surface area is 155 Å². The second kappa shape index (κ2) is 8.45. The summed E-state index contributed by atoms with van der Waals surface area (Å²) in [5.41, 5.74) is 1.00. The van der Waals surface area contributed by atoms with Crippen LogP contribution in [0.4, 0.5) is 0 Å². The lowest BCUT2D eigenvalue weighted by Gasteiger charge is -2.41. The van der Waals surface area contributed by atoms with Crippen LogP contribution in [0.2, 0.25) is 0 Å². The van der Waals surface area contributed by atoms with E-state index in [2.05, 4.69) is 15.2 Å². The predicted molar refractivity (Wildman–Crippen MR) is 99.8 cm³/mol. The van der Waals surface area contributed by atoms with Gasteiger partial charge in [0, 0.05) is 44.6 Å². The maximum Gasteiger partial charge on any atom is 0.224 e. The van der Waals surface area contributed by atoms with Gasteiger partial charge in [0.25, 0.3) is 0 Å². The summed E-state index contributed by atoms with van der Waals surface area (Å²) in [6.07, 6.45) is 8.38. The molecule has 2 fully saturated rings. The van der Waals surface area contributed by atoms with Gasteiger partial charge in [0.1, 0.15) is 0 Å². The van der Waals surface area contributed by atoms with E-state index in [9.17, 15) is 13.2 Å². The molecule has 0 saturated carbocycles. The van der Waals surface area contributed by atoms with Crippen LogP contribution >= 0.6 is 0 Å². The first-order valence-corrected chi connectivity index (χ1v) is 11.1. The standard InChI is InChI=1S/C18H28N4O3S/c1-26(24,25)22-10-6-17(7-11-22)21-9-3-5-16(14-21)18(23)20-13-15-4-2-8-19-12-15/h2,4,8,12,16-17H,3,5-7,9-11,13-14H2,1H3,(H,20,23). The Morgan fingerprint density at radius 2 is 2.04 bits per heavy atom. The van der Waals surface area contributed by atoms with Crippen LogP contribution in [0.15, 0.2) is 24.5 Å². The fourth-order valence-electron chi connectivity index (χ4n) is 3.93. The summed E-state index contributed by atoms with van der Waals surface area (Å²) in [7, 11) is -3.09. The summed E-state index contributed by atoms with van der Waals surface area (Å²) in [6.45, 7) is 3.43. The number of carbonyl (C=O) groups is 1. The lowest BCUT2D eigenvalue weighted by atomic mass is 9.93. The fourth-order valence-corrected chi connectivity index (χ4v) is 4.80. The Balaban J connectivity index is 1.49. The molecular formula is C18H28N4O3S. The molecule has 3 rings (SSSR count). The molecule has 1 unspecified atom stereocenters. The van der Waals surface area contributed by atoms with Crippen LogP contribution in [-0.4, -0.2) is 67.0 Å². The first-order chi connectivity index (χ1) is 12.4. The molecule has 2 aliphatic heterocycles. The second-order valence-electron chi connectivity index (χ2n) is 7.31. The molecule has 144 valence electrons. The van der Waals surface area contributed by atoms with Gasteiger partial charge in [0.05, 0.1) is 12.2 Å². The van der Waals surface area contributed by atoms with Crippen molar-refractivity contribution in [1.82, 2.24) is 19.5 Å². The zero-order valence-corrected chi connectivity index (χ0v) is 16.1. The molecule has 1 amide bonds. The fraction of sp³-hybridized carbons (Fsp3) is 0.667. The smallest absolute Gasteiger partial charge is 0.224 e. The molecule has 8 heteroatoms. The topological polar surface area (TPSA) is 82.6 Å². The summed E-state index contributed by atoms with van der Waals surface area (Å²) < 4.78 is 24.9. The van der Waals surface area contributed by atoms with Crippen molar-refractivity contribution in [2.24, 2.45) is 5.92 Å². The molecule has 7 nitrogen and oxygen atoms in total. The van der Waals surface area contributed by atoms with E-state index >= 15 is 0 Å². The van der Waals surface area contributed by atoms with E-state index < -0.39 is 10.0 Å². The third-order valence-corrected chi connectivity index (χ3v) is 6.73. The highest BCUT2D eigenvalue weighted by atomic mass is 32.2. The minimum atomic E-state index is -3.09. The molecular weight excluding hydrogens is 352 g/mol. The summed E-state index contributed by atoms with van der Waals surface area (Å²) >= 11 is 0. The molecule has 1 aromatic heterocycles. The minimum absolute atomic E-state index is 0.00774. The highest BCUT2D eigenvalue weighted by Crippen LogP contribution is 2.24. The number of amides is 1. The summed E-state index contributed by atoms with van der Waals surface area (Å²) in [5, 5.41) is 3.03. The largest absolute Gasteiger partial charge is 0.352 e. The molecule has 0 bridgehead atoms. The van der Waals surface area contributed by atoms with E-state index in [4.69, 9.17) is 0 Å². The Kier molecular flexibility index (Phi) is 6.26. The first kappa shape index (κ1) is 19.3. The lowest BCUT2D eigenvalue weighted by molar-refractivity contribution is -0.127. The number of piperidine rings is 2. The maximum absolute atomic E-state index is 12.5. The third kappa shape index (κ3) is 5.02. The van der Waals surface area contributed by atoms with Gasteiger partial charge in [0.2, 0.25) is 15.9 Å². The molecule has 0 spiro atoms. The monoisotopic (exact) mass is 380 g/mol. The van der Waals surface area contributed by atoms with Crippen molar-refractivity contribution >= 4 is 15.9 Å². The quantitative estimate of drug-likeness (QED) is 0.818. The van der Waals surface area contributed by atoms with Crippen molar-refractivity contribution in [1.29, 1.82) is 0 Å². The predicted octanol–water partition coefficient (Wildman–Crippen LogP) is 0.834. The van der Waals surface area contributed by atoms with E-state index in [1.165, 1.54) is 6.26 Å². The Bertz CT molecular complexity index is 702. The third-order valence-electron chi connectivity index (χ3n) is 5.42. The molecule has 1 N–H and O–H groups in total. The van der Waals surface area contributed by atoms with E-state index in [0.29, 0.717) is 25.7 Å². The molecule has 1 aromatic rings. The number of hydrogen-bond donors (Lipinski definition) is 1. The number of sulfonamides is 1. The van der Waals surface area contributed by atoms with Crippen LogP contribution in [0, 0.1) is 5.92 Å². The van der Waals surface area contributed by atoms with Crippen LogP contribution in [0.5, 0.6) is 0 Å². The van der Waals surface area contributed by atoms with Gasteiger partial charge in [-0.3, -0.25) is 14.7 Å². The van der Waals surface area contributed by atoms with Crippen molar-refractivity contribution in [3.8, 4) is 0 Å². The van der Waals surface area contributed by atoms with E-state index in [1.807, 2.05) is 12.1 Å². The van der Waals surface area contributed by atoms with Crippen molar-refractivity contribution in [3.05, 3.63) is 30.1 Å². The molecule has 0 aromatic carbocycles. The molecule has 2 saturated heterocycles. The van der Waals surface area contributed by atoms with Gasteiger partial charge in [-0.1, -0.05) is 6.07 Å². The van der Waals surface area contributed by atoms with Gasteiger partial charge >= 0.3 is 0 Å². The van der Waals surface area contributed by atoms with Crippen LogP contribution in [0.1, 0.15) is 31.2 Å². The van der Waals surface area contributed by atoms with Crippen LogP contribution in [-0.2, 0) is 21.4 Å². The second-order valence-corrected chi connectivity index (χ2v) is 9.29. The molecule has 1 atom stereocenters. The number of carbonyl (C=O) groups excluding carboxylic acids is 1. The zero-order chi connectivity index (χ0) is 18.6. The van der Waals surface area contributed by atoms with Gasteiger partial charge in [0.15, 0.2) is 0 Å². The highest BCUT2D eigenvalue weighted by molar-refractivity contribution is 7.88. The van der Waals surface area contributed by atoms with Crippen molar-refractivity contribution in [2.75, 3.05) is 32.4 Å². The number of nitrogens with zero attached hydrogens (tertiary/aromatic N) is 3. The minimum Gasteiger partial charge on any atom is -0.352 e. The Hall–Kier alpha value is -1.51. The van der Waals surface area contributed by atoms with E-state index in [0.717, 1.165) is 44.3 Å². The van der Waals surface area contributed by atoms with Gasteiger partial charge in [-0.05, 0) is 43.9 Å². The average Bonchev–Trinajstić information content (AvgIpc) is 2.66. The van der Waals surface area contributed by atoms with Gasteiger partial charge in [-0.25, -0.2) is 12.7 Å². The van der Waals surface area contributed by atoms with Gasteiger partial charge < -0.3 is 5.32 Å². The number of likely N-dealkylation sites (tertiary alicyclic amines) is 1. The van der Waals surface area contributed by atoms with E-state index in [1.54, 1.807) is 16.7 Å². The summed E-state index contributed by atoms with van der Waals surface area (Å²) in [4.78, 5) is 19.0. The van der Waals surface area contributed by atoms with Crippen LogP contribution in [0.25, 0.3) is 0 Å². The molecule has 3 heterocycles. The van der Waals surface area contributed by atoms with Gasteiger partial charge in [-0.2, -0.15) is 0 Å². The highest BCUT2D eigenvalue weighted by Gasteiger charge is 2.33. The number of rotatable bonds is 5. The molecule has 2 aliphatic rings. The van der Waals surface area contributed by atoms with Gasteiger partial charge in [-0.15, -0.1) is 0 Å².